The van der Waals surface area contributed by atoms with Crippen LogP contribution in [0.3, 0.4) is 0 Å². The summed E-state index contributed by atoms with van der Waals surface area (Å²) in [6.45, 7) is 1.41. The molecule has 4 rings (SSSR count). The molecule has 0 bridgehead atoms. The molecule has 0 radical (unpaired) electrons. The van der Waals surface area contributed by atoms with Crippen molar-refractivity contribution in [1.82, 2.24) is 4.90 Å². The summed E-state index contributed by atoms with van der Waals surface area (Å²) in [7, 11) is 0. The Hall–Kier alpha value is -2.80. The topological polar surface area (TPSA) is 80.0 Å². The van der Waals surface area contributed by atoms with E-state index in [9.17, 15) is 9.18 Å². The molecule has 160 valence electrons. The van der Waals surface area contributed by atoms with Crippen LogP contribution in [-0.4, -0.2) is 42.2 Å². The van der Waals surface area contributed by atoms with Crippen LogP contribution in [0.1, 0.15) is 30.4 Å². The third kappa shape index (κ3) is 4.67. The van der Waals surface area contributed by atoms with Crippen molar-refractivity contribution in [3.63, 3.8) is 0 Å². The lowest BCUT2D eigenvalue weighted by Gasteiger charge is -2.42. The van der Waals surface area contributed by atoms with E-state index in [1.54, 1.807) is 17.0 Å². The summed E-state index contributed by atoms with van der Waals surface area (Å²) in [5, 5.41) is 3.33. The number of nitrogens with two attached hydrogens (primary N) is 1. The quantitative estimate of drug-likeness (QED) is 0.717. The molecule has 0 aromatic heterocycles. The Morgan fingerprint density at radius 1 is 1.17 bits per heavy atom. The van der Waals surface area contributed by atoms with Crippen molar-refractivity contribution in [3.8, 4) is 0 Å². The van der Waals surface area contributed by atoms with Gasteiger partial charge in [-0.05, 0) is 30.5 Å². The molecule has 0 atom stereocenters. The summed E-state index contributed by atoms with van der Waals surface area (Å²) < 4.78 is 19.5. The first kappa shape index (κ1) is 21.9. The van der Waals surface area contributed by atoms with E-state index >= 15 is 0 Å². The van der Waals surface area contributed by atoms with Gasteiger partial charge in [0.1, 0.15) is 17.3 Å². The zero-order valence-corrected chi connectivity index (χ0v) is 17.5. The summed E-state index contributed by atoms with van der Waals surface area (Å²) in [5.41, 5.74) is 7.64. The Kier molecular flexibility index (Phi) is 6.82. The highest BCUT2D eigenvalue weighted by atomic mass is 35.5. The molecular formula is C22H26ClFN4O2. The van der Waals surface area contributed by atoms with Crippen molar-refractivity contribution in [2.24, 2.45) is 10.7 Å². The molecule has 2 aromatic rings. The van der Waals surface area contributed by atoms with Gasteiger partial charge in [-0.15, -0.1) is 12.4 Å². The number of nitrogens with zero attached hydrogens (tertiary/aromatic N) is 2. The highest BCUT2D eigenvalue weighted by Gasteiger charge is 2.39. The minimum absolute atomic E-state index is 0. The summed E-state index contributed by atoms with van der Waals surface area (Å²) in [4.78, 5) is 18.6. The van der Waals surface area contributed by atoms with Gasteiger partial charge >= 0.3 is 6.09 Å². The number of ether oxygens (including phenoxy) is 1. The maximum absolute atomic E-state index is 14.0. The predicted molar refractivity (Wildman–Crippen MR) is 118 cm³/mol. The maximum atomic E-state index is 14.0. The first-order valence-corrected chi connectivity index (χ1v) is 9.94. The molecule has 8 heteroatoms. The van der Waals surface area contributed by atoms with E-state index in [0.29, 0.717) is 43.8 Å². The van der Waals surface area contributed by atoms with E-state index in [2.05, 4.69) is 22.4 Å². The second-order valence-corrected chi connectivity index (χ2v) is 7.51. The number of anilines is 1. The van der Waals surface area contributed by atoms with Crippen LogP contribution in [0.4, 0.5) is 14.9 Å². The molecule has 1 amide bonds. The Balaban J connectivity index is 0.00000256. The molecule has 0 unspecified atom stereocenters. The van der Waals surface area contributed by atoms with Crippen LogP contribution in [0.15, 0.2) is 53.5 Å². The molecule has 1 saturated heterocycles. The van der Waals surface area contributed by atoms with Gasteiger partial charge in [0.05, 0.1) is 12.2 Å². The minimum atomic E-state index is -0.602. The second-order valence-electron chi connectivity index (χ2n) is 7.51. The van der Waals surface area contributed by atoms with Gasteiger partial charge in [-0.2, -0.15) is 0 Å². The van der Waals surface area contributed by atoms with Gasteiger partial charge in [0.2, 0.25) is 0 Å². The molecule has 2 aliphatic heterocycles. The third-order valence-corrected chi connectivity index (χ3v) is 5.50. The van der Waals surface area contributed by atoms with Crippen molar-refractivity contribution < 1.29 is 13.9 Å². The van der Waals surface area contributed by atoms with E-state index in [1.165, 1.54) is 11.6 Å². The number of piperidine rings is 1. The maximum Gasteiger partial charge on any atom is 0.409 e. The van der Waals surface area contributed by atoms with E-state index in [0.717, 1.165) is 12.8 Å². The van der Waals surface area contributed by atoms with Crippen LogP contribution in [0.2, 0.25) is 0 Å². The van der Waals surface area contributed by atoms with Crippen LogP contribution in [-0.2, 0) is 11.2 Å². The second kappa shape index (κ2) is 9.34. The van der Waals surface area contributed by atoms with Crippen molar-refractivity contribution in [3.05, 3.63) is 65.5 Å². The highest BCUT2D eigenvalue weighted by Crippen LogP contribution is 2.35. The van der Waals surface area contributed by atoms with Crippen LogP contribution < -0.4 is 11.1 Å². The monoisotopic (exact) mass is 432 g/mol. The van der Waals surface area contributed by atoms with E-state index in [4.69, 9.17) is 10.5 Å². The van der Waals surface area contributed by atoms with E-state index in [-0.39, 0.29) is 30.2 Å². The molecule has 2 heterocycles. The van der Waals surface area contributed by atoms with Gasteiger partial charge in [-0.1, -0.05) is 36.4 Å². The zero-order valence-electron chi connectivity index (χ0n) is 16.6. The fourth-order valence-electron chi connectivity index (χ4n) is 3.92. The Bertz CT molecular complexity index is 915. The molecule has 1 fully saturated rings. The summed E-state index contributed by atoms with van der Waals surface area (Å²) in [5.74, 6) is -0.184. The van der Waals surface area contributed by atoms with Crippen molar-refractivity contribution >= 4 is 30.0 Å². The average Bonchev–Trinajstić information content (AvgIpc) is 2.72. The number of benzene rings is 2. The normalized spacial score (nSPS) is 16.7. The fourth-order valence-corrected chi connectivity index (χ4v) is 3.92. The van der Waals surface area contributed by atoms with Gasteiger partial charge in [-0.25, -0.2) is 14.2 Å². The predicted octanol–water partition coefficient (Wildman–Crippen LogP) is 3.94. The van der Waals surface area contributed by atoms with Gasteiger partial charge < -0.3 is 20.7 Å². The molecule has 2 aromatic carbocycles. The van der Waals surface area contributed by atoms with Gasteiger partial charge in [0, 0.05) is 31.6 Å². The van der Waals surface area contributed by atoms with Gasteiger partial charge in [0.15, 0.2) is 0 Å². The molecule has 0 aliphatic carbocycles. The molecule has 30 heavy (non-hydrogen) atoms. The van der Waals surface area contributed by atoms with Crippen LogP contribution in [0.25, 0.3) is 0 Å². The number of hydrogen-bond donors (Lipinski definition) is 2. The zero-order chi connectivity index (χ0) is 20.3. The molecule has 1 spiro atoms. The van der Waals surface area contributed by atoms with Crippen LogP contribution in [0, 0.1) is 5.82 Å². The summed E-state index contributed by atoms with van der Waals surface area (Å²) in [6.07, 6.45) is 2.54. The lowest BCUT2D eigenvalue weighted by Crippen LogP contribution is -2.52. The lowest BCUT2D eigenvalue weighted by atomic mass is 9.94. The number of amides is 1. The lowest BCUT2D eigenvalue weighted by molar-refractivity contribution is 0.0857. The van der Waals surface area contributed by atoms with E-state index in [1.807, 2.05) is 18.2 Å². The SMILES string of the molecule is Cl.NC1=NC2(CCN(C(=O)OCCCc3ccccc3)CC2)Nc2cccc(F)c21. The average molecular weight is 433 g/mol. The van der Waals surface area contributed by atoms with Crippen molar-refractivity contribution in [1.29, 1.82) is 0 Å². The molecule has 3 N–H and O–H groups in total. The molecule has 0 saturated carbocycles. The number of halogens is 2. The number of aryl methyl sites for hydroxylation is 1. The summed E-state index contributed by atoms with van der Waals surface area (Å²) >= 11 is 0. The number of carbonyl (C=O) groups is 1. The summed E-state index contributed by atoms with van der Waals surface area (Å²) in [6, 6.07) is 15.0. The molecular weight excluding hydrogens is 407 g/mol. The number of aliphatic imine (C=N–C) groups is 1. The van der Waals surface area contributed by atoms with Crippen LogP contribution >= 0.6 is 12.4 Å². The first-order valence-electron chi connectivity index (χ1n) is 9.94. The van der Waals surface area contributed by atoms with Crippen LogP contribution in [0.5, 0.6) is 0 Å². The van der Waals surface area contributed by atoms with E-state index < -0.39 is 5.66 Å². The van der Waals surface area contributed by atoms with Gasteiger partial charge in [-0.3, -0.25) is 0 Å². The number of nitrogens with one attached hydrogen (secondary N) is 1. The van der Waals surface area contributed by atoms with Crippen molar-refractivity contribution in [2.75, 3.05) is 25.0 Å². The Morgan fingerprint density at radius 3 is 2.63 bits per heavy atom. The fraction of sp³-hybridized carbons (Fsp3) is 0.364. The number of carbonyl (C=O) groups excluding carboxylic acids is 1. The molecule has 2 aliphatic rings. The standard InChI is InChI=1S/C22H25FN4O2.ClH/c23-17-9-4-10-18-19(17)20(24)26-22(25-18)11-13-27(14-12-22)21(28)29-15-5-8-16-6-2-1-3-7-16;/h1-4,6-7,9-10,25H,5,8,11-15H2,(H2,24,26);1H. The Morgan fingerprint density at radius 2 is 1.90 bits per heavy atom. The largest absolute Gasteiger partial charge is 0.449 e. The Labute approximate surface area is 181 Å². The minimum Gasteiger partial charge on any atom is -0.449 e. The third-order valence-electron chi connectivity index (χ3n) is 5.50. The number of fused-ring (bicyclic) bond motifs is 1. The number of likely N-dealkylation sites (tertiary alicyclic amines) is 1. The van der Waals surface area contributed by atoms with Crippen molar-refractivity contribution in [2.45, 2.75) is 31.3 Å². The number of hydrogen-bond acceptors (Lipinski definition) is 5. The number of rotatable bonds is 4. The first-order chi connectivity index (χ1) is 14.1. The smallest absolute Gasteiger partial charge is 0.409 e. The number of amidine groups is 1. The van der Waals surface area contributed by atoms with Gasteiger partial charge in [0.25, 0.3) is 0 Å². The highest BCUT2D eigenvalue weighted by molar-refractivity contribution is 6.04. The molecule has 6 nitrogen and oxygen atoms in total.